The predicted octanol–water partition coefficient (Wildman–Crippen LogP) is 4.18. The molecular weight excluding hydrogens is 510 g/mol. The summed E-state index contributed by atoms with van der Waals surface area (Å²) in [5.74, 6) is -1.55. The average molecular weight is 530 g/mol. The van der Waals surface area contributed by atoms with Gasteiger partial charge in [0.15, 0.2) is 0 Å². The number of aldehydes is 1. The van der Waals surface area contributed by atoms with Crippen LogP contribution in [0.5, 0.6) is 0 Å². The molecular formula is C22H20ClF4N5O2S. The van der Waals surface area contributed by atoms with E-state index in [0.29, 0.717) is 22.7 Å². The van der Waals surface area contributed by atoms with E-state index in [4.69, 9.17) is 17.3 Å². The van der Waals surface area contributed by atoms with E-state index in [0.717, 1.165) is 37.1 Å². The van der Waals surface area contributed by atoms with Crippen LogP contribution in [0.1, 0.15) is 24.2 Å². The lowest BCUT2D eigenvalue weighted by atomic mass is 10.1. The van der Waals surface area contributed by atoms with Gasteiger partial charge in [-0.3, -0.25) is 0 Å². The summed E-state index contributed by atoms with van der Waals surface area (Å²) in [4.78, 5) is 21.8. The highest BCUT2D eigenvalue weighted by atomic mass is 35.5. The molecule has 3 aromatic rings. The van der Waals surface area contributed by atoms with Crippen LogP contribution < -0.4 is 5.73 Å². The van der Waals surface area contributed by atoms with E-state index < -0.39 is 23.0 Å². The summed E-state index contributed by atoms with van der Waals surface area (Å²) in [5.41, 5.74) is 6.91. The number of aromatic nitrogens is 3. The highest BCUT2D eigenvalue weighted by Crippen LogP contribution is 2.27. The molecule has 3 heterocycles. The van der Waals surface area contributed by atoms with Crippen molar-refractivity contribution in [1.82, 2.24) is 19.3 Å². The number of carbonyl (C=O) groups excluding carboxylic acids is 1. The Morgan fingerprint density at radius 3 is 2.40 bits per heavy atom. The zero-order valence-corrected chi connectivity index (χ0v) is 19.7. The van der Waals surface area contributed by atoms with Crippen LogP contribution >= 0.6 is 11.6 Å². The first-order chi connectivity index (χ1) is 16.6. The number of nitrogens with zero attached hydrogens (tertiary/aromatic N) is 4. The summed E-state index contributed by atoms with van der Waals surface area (Å²) in [6, 6.07) is 8.47. The van der Waals surface area contributed by atoms with Gasteiger partial charge in [-0.1, -0.05) is 11.6 Å². The topological polar surface area (TPSA) is 102 Å². The van der Waals surface area contributed by atoms with Gasteiger partial charge in [0.25, 0.3) is 0 Å². The Balaban J connectivity index is 0.000000198. The van der Waals surface area contributed by atoms with Crippen LogP contribution in [0.2, 0.25) is 5.15 Å². The first-order valence-electron chi connectivity index (χ1n) is 10.3. The molecule has 1 saturated heterocycles. The number of rotatable bonds is 5. The molecule has 1 fully saturated rings. The standard InChI is InChI=1S/C11H8ClF3N4.C11H12FNO2S/c12-9-2-6(3-16)1-8(19-9)7-4-17-10(18-5-7)11(13,14)15;12-9-3-5-11(6-4-9)16(15)13-7-1-2-10(13)8-14/h1-2,4-5H,3,16H2;3-6,8,10H,1-2,7H2. The lowest BCUT2D eigenvalue weighted by Crippen LogP contribution is -2.32. The summed E-state index contributed by atoms with van der Waals surface area (Å²) in [5, 5.41) is 0.206. The number of benzene rings is 1. The molecule has 1 aliphatic rings. The van der Waals surface area contributed by atoms with Crippen LogP contribution in [-0.4, -0.2) is 42.3 Å². The van der Waals surface area contributed by atoms with Crippen molar-refractivity contribution >= 4 is 28.9 Å². The molecule has 1 aromatic carbocycles. The van der Waals surface area contributed by atoms with Gasteiger partial charge >= 0.3 is 6.18 Å². The van der Waals surface area contributed by atoms with Crippen LogP contribution in [0.25, 0.3) is 11.3 Å². The molecule has 1 aliphatic heterocycles. The van der Waals surface area contributed by atoms with Crippen LogP contribution in [0.3, 0.4) is 0 Å². The van der Waals surface area contributed by atoms with Crippen LogP contribution in [-0.2, 0) is 28.5 Å². The average Bonchev–Trinajstić information content (AvgIpc) is 3.32. The molecule has 7 nitrogen and oxygen atoms in total. The molecule has 35 heavy (non-hydrogen) atoms. The molecule has 13 heteroatoms. The summed E-state index contributed by atoms with van der Waals surface area (Å²) < 4.78 is 63.4. The number of nitrogens with two attached hydrogens (primary N) is 1. The number of carbonyl (C=O) groups is 1. The smallest absolute Gasteiger partial charge is 0.326 e. The van der Waals surface area contributed by atoms with E-state index in [9.17, 15) is 26.6 Å². The molecule has 0 saturated carbocycles. The van der Waals surface area contributed by atoms with Gasteiger partial charge in [0.1, 0.15) is 28.2 Å². The molecule has 0 radical (unpaired) electrons. The molecule has 0 spiro atoms. The van der Waals surface area contributed by atoms with E-state index in [2.05, 4.69) is 15.0 Å². The summed E-state index contributed by atoms with van der Waals surface area (Å²) in [7, 11) is -1.36. The van der Waals surface area contributed by atoms with Crippen LogP contribution in [0, 0.1) is 5.82 Å². The third-order valence-corrected chi connectivity index (χ3v) is 6.67. The minimum Gasteiger partial charge on any atom is -0.326 e. The lowest BCUT2D eigenvalue weighted by molar-refractivity contribution is -0.145. The fourth-order valence-corrected chi connectivity index (χ4v) is 4.78. The van der Waals surface area contributed by atoms with Crippen molar-refractivity contribution in [3.8, 4) is 11.3 Å². The second-order valence-corrected chi connectivity index (χ2v) is 9.20. The van der Waals surface area contributed by atoms with Crippen LogP contribution in [0.15, 0.2) is 53.7 Å². The van der Waals surface area contributed by atoms with Gasteiger partial charge in [-0.25, -0.2) is 27.9 Å². The Morgan fingerprint density at radius 1 is 1.17 bits per heavy atom. The summed E-state index contributed by atoms with van der Waals surface area (Å²) in [6.07, 6.45) is -0.0204. The maximum atomic E-state index is 12.7. The normalized spacial score (nSPS) is 16.9. The number of hydrogen-bond donors (Lipinski definition) is 1. The van der Waals surface area contributed by atoms with Gasteiger partial charge in [-0.15, -0.1) is 0 Å². The van der Waals surface area contributed by atoms with Gasteiger partial charge in [0.2, 0.25) is 5.82 Å². The minimum atomic E-state index is -4.57. The summed E-state index contributed by atoms with van der Waals surface area (Å²) in [6.45, 7) is 0.893. The van der Waals surface area contributed by atoms with Gasteiger partial charge in [0, 0.05) is 31.0 Å². The second-order valence-electron chi connectivity index (χ2n) is 7.37. The molecule has 4 rings (SSSR count). The molecule has 2 aromatic heterocycles. The van der Waals surface area contributed by atoms with E-state index in [-0.39, 0.29) is 23.6 Å². The third-order valence-electron chi connectivity index (χ3n) is 4.92. The highest BCUT2D eigenvalue weighted by molar-refractivity contribution is 7.82. The lowest BCUT2D eigenvalue weighted by Gasteiger charge is -2.18. The van der Waals surface area contributed by atoms with Crippen LogP contribution in [0.4, 0.5) is 17.6 Å². The Kier molecular flexibility index (Phi) is 9.00. The molecule has 0 amide bonds. The molecule has 2 N–H and O–H groups in total. The van der Waals surface area contributed by atoms with E-state index in [1.807, 2.05) is 0 Å². The second kappa shape index (κ2) is 11.8. The molecule has 2 unspecified atom stereocenters. The van der Waals surface area contributed by atoms with Gasteiger partial charge in [0.05, 0.1) is 16.6 Å². The first kappa shape index (κ1) is 26.8. The fourth-order valence-electron chi connectivity index (χ4n) is 3.22. The highest BCUT2D eigenvalue weighted by Gasteiger charge is 2.34. The molecule has 2 atom stereocenters. The zero-order valence-electron chi connectivity index (χ0n) is 18.1. The first-order valence-corrected chi connectivity index (χ1v) is 11.8. The van der Waals surface area contributed by atoms with Crippen molar-refractivity contribution in [2.45, 2.75) is 36.5 Å². The van der Waals surface area contributed by atoms with Gasteiger partial charge < -0.3 is 10.5 Å². The number of hydrogen-bond acceptors (Lipinski definition) is 6. The summed E-state index contributed by atoms with van der Waals surface area (Å²) >= 11 is 5.80. The van der Waals surface area contributed by atoms with Gasteiger partial charge in [-0.05, 0) is 54.8 Å². The predicted molar refractivity (Wildman–Crippen MR) is 122 cm³/mol. The molecule has 0 aliphatic carbocycles. The Morgan fingerprint density at radius 2 is 1.83 bits per heavy atom. The quantitative estimate of drug-likeness (QED) is 0.302. The van der Waals surface area contributed by atoms with Gasteiger partial charge in [-0.2, -0.15) is 13.2 Å². The van der Waals surface area contributed by atoms with Crippen molar-refractivity contribution in [3.63, 3.8) is 0 Å². The van der Waals surface area contributed by atoms with Crippen molar-refractivity contribution in [1.29, 1.82) is 0 Å². The zero-order chi connectivity index (χ0) is 25.6. The number of pyridine rings is 1. The Labute approximate surface area is 205 Å². The van der Waals surface area contributed by atoms with Crippen molar-refractivity contribution in [3.05, 3.63) is 71.2 Å². The SMILES string of the molecule is NCc1cc(Cl)nc(-c2cnc(C(F)(F)F)nc2)c1.O=CC1CCCN1S(=O)c1ccc(F)cc1. The third kappa shape index (κ3) is 7.10. The van der Waals surface area contributed by atoms with E-state index in [1.165, 1.54) is 24.3 Å². The monoisotopic (exact) mass is 529 g/mol. The Bertz CT molecular complexity index is 1180. The number of alkyl halides is 3. The number of halogens is 5. The molecule has 0 bridgehead atoms. The van der Waals surface area contributed by atoms with Crippen molar-refractivity contribution < 1.29 is 26.6 Å². The maximum absolute atomic E-state index is 12.7. The van der Waals surface area contributed by atoms with E-state index >= 15 is 0 Å². The van der Waals surface area contributed by atoms with Crippen molar-refractivity contribution in [2.75, 3.05) is 6.54 Å². The Hall–Kier alpha value is -2.80. The minimum absolute atomic E-state index is 0.206. The fraction of sp³-hybridized carbons (Fsp3) is 0.273. The largest absolute Gasteiger partial charge is 0.451 e. The van der Waals surface area contributed by atoms with Crippen molar-refractivity contribution in [2.24, 2.45) is 5.73 Å². The van der Waals surface area contributed by atoms with E-state index in [1.54, 1.807) is 16.4 Å². The maximum Gasteiger partial charge on any atom is 0.451 e. The molecule has 186 valence electrons.